The van der Waals surface area contributed by atoms with Gasteiger partial charge in [0.25, 0.3) is 5.91 Å². The van der Waals surface area contributed by atoms with Crippen molar-refractivity contribution >= 4 is 23.5 Å². The zero-order chi connectivity index (χ0) is 20.0. The molecule has 1 fully saturated rings. The van der Waals surface area contributed by atoms with Gasteiger partial charge in [-0.3, -0.25) is 14.4 Å². The molecule has 2 N–H and O–H groups in total. The van der Waals surface area contributed by atoms with Crippen LogP contribution >= 0.6 is 0 Å². The first kappa shape index (κ1) is 20.7. The predicted octanol–water partition coefficient (Wildman–Crippen LogP) is 2.67. The topological polar surface area (TPSA) is 84.5 Å². The maximum Gasteiger partial charge on any atom is 0.306 e. The predicted molar refractivity (Wildman–Crippen MR) is 90.1 cm³/mol. The number of ether oxygens (including phenoxy) is 1. The molecule has 0 aromatic heterocycles. The minimum absolute atomic E-state index is 0.257. The number of anilines is 1. The Morgan fingerprint density at radius 1 is 1.15 bits per heavy atom. The second-order valence-corrected chi connectivity index (χ2v) is 6.48. The number of halogens is 3. The van der Waals surface area contributed by atoms with E-state index in [0.717, 1.165) is 31.7 Å². The van der Waals surface area contributed by atoms with Crippen molar-refractivity contribution in [2.24, 2.45) is 5.92 Å². The van der Waals surface area contributed by atoms with Gasteiger partial charge in [0.15, 0.2) is 23.6 Å². The van der Waals surface area contributed by atoms with E-state index in [4.69, 9.17) is 4.74 Å². The first-order chi connectivity index (χ1) is 12.8. The summed E-state index contributed by atoms with van der Waals surface area (Å²) >= 11 is 0. The van der Waals surface area contributed by atoms with Gasteiger partial charge in [0, 0.05) is 6.42 Å². The van der Waals surface area contributed by atoms with Gasteiger partial charge >= 0.3 is 5.97 Å². The fourth-order valence-corrected chi connectivity index (χ4v) is 2.88. The van der Waals surface area contributed by atoms with Gasteiger partial charge in [-0.25, -0.2) is 13.2 Å². The zero-order valence-electron chi connectivity index (χ0n) is 14.8. The number of hydrogen-bond acceptors (Lipinski definition) is 4. The van der Waals surface area contributed by atoms with E-state index >= 15 is 0 Å². The van der Waals surface area contributed by atoms with Crippen LogP contribution in [0.5, 0.6) is 0 Å². The van der Waals surface area contributed by atoms with Gasteiger partial charge in [-0.05, 0) is 37.8 Å². The average Bonchev–Trinajstić information content (AvgIpc) is 3.12. The maximum atomic E-state index is 13.5. The SMILES string of the molecule is C[C@@H](OC(=O)CC1CCCC1)C(=O)NCC(=O)Nc1ccc(F)c(F)c1F. The van der Waals surface area contributed by atoms with Crippen LogP contribution in [0.1, 0.15) is 39.0 Å². The number of carbonyl (C=O) groups is 3. The smallest absolute Gasteiger partial charge is 0.306 e. The molecule has 148 valence electrons. The molecule has 9 heteroatoms. The molecule has 6 nitrogen and oxygen atoms in total. The van der Waals surface area contributed by atoms with Crippen LogP contribution in [-0.2, 0) is 19.1 Å². The summed E-state index contributed by atoms with van der Waals surface area (Å²) in [6, 6.07) is 1.53. The van der Waals surface area contributed by atoms with Crippen LogP contribution in [-0.4, -0.2) is 30.4 Å². The van der Waals surface area contributed by atoms with Crippen molar-refractivity contribution in [2.45, 2.75) is 45.1 Å². The van der Waals surface area contributed by atoms with E-state index in [2.05, 4.69) is 5.32 Å². The first-order valence-electron chi connectivity index (χ1n) is 8.68. The highest BCUT2D eigenvalue weighted by atomic mass is 19.2. The Kier molecular flexibility index (Phi) is 7.20. The summed E-state index contributed by atoms with van der Waals surface area (Å²) < 4.78 is 44.5. The Bertz CT molecular complexity index is 721. The molecule has 0 spiro atoms. The van der Waals surface area contributed by atoms with E-state index < -0.39 is 53.6 Å². The second-order valence-electron chi connectivity index (χ2n) is 6.48. The number of rotatable bonds is 7. The lowest BCUT2D eigenvalue weighted by molar-refractivity contribution is -0.155. The molecule has 1 aromatic rings. The maximum absolute atomic E-state index is 13.5. The quantitative estimate of drug-likeness (QED) is 0.557. The first-order valence-corrected chi connectivity index (χ1v) is 8.68. The third-order valence-electron chi connectivity index (χ3n) is 4.34. The molecule has 1 aliphatic rings. The van der Waals surface area contributed by atoms with Crippen molar-refractivity contribution in [2.75, 3.05) is 11.9 Å². The standard InChI is InChI=1S/C18H21F3N2O4/c1-10(27-15(25)8-11-4-2-3-5-11)18(26)22-9-14(24)23-13-7-6-12(19)16(20)17(13)21/h6-7,10-11H,2-5,8-9H2,1H3,(H,22,26)(H,23,24)/t10-/m1/s1. The summed E-state index contributed by atoms with van der Waals surface area (Å²) in [5.74, 6) is -6.37. The summed E-state index contributed by atoms with van der Waals surface area (Å²) in [6.07, 6.45) is 3.27. The third kappa shape index (κ3) is 5.97. The third-order valence-corrected chi connectivity index (χ3v) is 4.34. The Balaban J connectivity index is 1.76. The fraction of sp³-hybridized carbons (Fsp3) is 0.500. The molecule has 2 amide bonds. The fourth-order valence-electron chi connectivity index (χ4n) is 2.88. The Morgan fingerprint density at radius 2 is 1.81 bits per heavy atom. The normalized spacial score (nSPS) is 15.3. The number of amides is 2. The van der Waals surface area contributed by atoms with Crippen LogP contribution in [0.2, 0.25) is 0 Å². The van der Waals surface area contributed by atoms with E-state index in [1.807, 2.05) is 5.32 Å². The lowest BCUT2D eigenvalue weighted by Gasteiger charge is -2.15. The molecular weight excluding hydrogens is 365 g/mol. The lowest BCUT2D eigenvalue weighted by Crippen LogP contribution is -2.40. The summed E-state index contributed by atoms with van der Waals surface area (Å²) in [4.78, 5) is 35.4. The van der Waals surface area contributed by atoms with Crippen LogP contribution in [0.4, 0.5) is 18.9 Å². The average molecular weight is 386 g/mol. The van der Waals surface area contributed by atoms with Crippen LogP contribution < -0.4 is 10.6 Å². The lowest BCUT2D eigenvalue weighted by atomic mass is 10.0. The molecule has 1 atom stereocenters. The minimum atomic E-state index is -1.71. The molecule has 1 aromatic carbocycles. The van der Waals surface area contributed by atoms with Crippen molar-refractivity contribution in [1.29, 1.82) is 0 Å². The molecule has 0 radical (unpaired) electrons. The highest BCUT2D eigenvalue weighted by Crippen LogP contribution is 2.27. The highest BCUT2D eigenvalue weighted by Gasteiger charge is 2.23. The Hall–Kier alpha value is -2.58. The largest absolute Gasteiger partial charge is 0.453 e. The molecule has 1 saturated carbocycles. The van der Waals surface area contributed by atoms with Gasteiger partial charge in [0.1, 0.15) is 0 Å². The molecule has 1 aliphatic carbocycles. The molecule has 27 heavy (non-hydrogen) atoms. The van der Waals surface area contributed by atoms with Crippen molar-refractivity contribution in [3.8, 4) is 0 Å². The summed E-state index contributed by atoms with van der Waals surface area (Å²) in [5, 5.41) is 4.25. The number of nitrogens with one attached hydrogen (secondary N) is 2. The molecule has 2 rings (SSSR count). The number of esters is 1. The van der Waals surface area contributed by atoms with Gasteiger partial charge in [-0.15, -0.1) is 0 Å². The summed E-state index contributed by atoms with van der Waals surface area (Å²) in [6.45, 7) is 0.816. The van der Waals surface area contributed by atoms with Crippen molar-refractivity contribution < 1.29 is 32.3 Å². The van der Waals surface area contributed by atoms with Crippen LogP contribution in [0.15, 0.2) is 12.1 Å². The van der Waals surface area contributed by atoms with Gasteiger partial charge in [-0.1, -0.05) is 12.8 Å². The van der Waals surface area contributed by atoms with E-state index in [-0.39, 0.29) is 12.3 Å². The number of carbonyl (C=O) groups excluding carboxylic acids is 3. The van der Waals surface area contributed by atoms with Gasteiger partial charge in [0.2, 0.25) is 5.91 Å². The molecule has 0 aliphatic heterocycles. The number of hydrogen-bond donors (Lipinski definition) is 2. The highest BCUT2D eigenvalue weighted by molar-refractivity contribution is 5.95. The molecular formula is C18H21F3N2O4. The minimum Gasteiger partial charge on any atom is -0.453 e. The van der Waals surface area contributed by atoms with Gasteiger partial charge < -0.3 is 15.4 Å². The van der Waals surface area contributed by atoms with E-state index in [1.54, 1.807) is 0 Å². The van der Waals surface area contributed by atoms with Crippen LogP contribution in [0.25, 0.3) is 0 Å². The van der Waals surface area contributed by atoms with Crippen molar-refractivity contribution in [3.05, 3.63) is 29.6 Å². The Labute approximate surface area is 154 Å². The van der Waals surface area contributed by atoms with Gasteiger partial charge in [0.05, 0.1) is 12.2 Å². The summed E-state index contributed by atoms with van der Waals surface area (Å²) in [7, 11) is 0. The van der Waals surface area contributed by atoms with E-state index in [0.29, 0.717) is 6.07 Å². The molecule has 0 unspecified atom stereocenters. The van der Waals surface area contributed by atoms with Crippen molar-refractivity contribution in [1.82, 2.24) is 5.32 Å². The molecule has 0 heterocycles. The van der Waals surface area contributed by atoms with Crippen molar-refractivity contribution in [3.63, 3.8) is 0 Å². The number of benzene rings is 1. The molecule has 0 saturated heterocycles. The monoisotopic (exact) mass is 386 g/mol. The van der Waals surface area contributed by atoms with Gasteiger partial charge in [-0.2, -0.15) is 0 Å². The zero-order valence-corrected chi connectivity index (χ0v) is 14.8. The van der Waals surface area contributed by atoms with Crippen LogP contribution in [0.3, 0.4) is 0 Å². The summed E-state index contributed by atoms with van der Waals surface area (Å²) in [5.41, 5.74) is -0.552. The molecule has 0 bridgehead atoms. The Morgan fingerprint density at radius 3 is 2.48 bits per heavy atom. The van der Waals surface area contributed by atoms with E-state index in [9.17, 15) is 27.6 Å². The second kappa shape index (κ2) is 9.38. The van der Waals surface area contributed by atoms with E-state index in [1.165, 1.54) is 6.92 Å². The van der Waals surface area contributed by atoms with Crippen LogP contribution in [0, 0.1) is 23.4 Å².